The smallest absolute Gasteiger partial charge is 0.447 e. The Labute approximate surface area is 117 Å². The maximum atomic E-state index is 11.2. The van der Waals surface area contributed by atoms with Gasteiger partial charge in [0.1, 0.15) is 5.75 Å². The Morgan fingerprint density at radius 1 is 1.00 bits per heavy atom. The zero-order chi connectivity index (χ0) is 14.6. The van der Waals surface area contributed by atoms with Crippen LogP contribution in [0.4, 0.5) is 9.59 Å². The van der Waals surface area contributed by atoms with Crippen molar-refractivity contribution in [3.05, 3.63) is 30.3 Å². The molecule has 0 spiro atoms. The van der Waals surface area contributed by atoms with E-state index < -0.39 is 12.2 Å². The molecule has 108 valence electrons. The van der Waals surface area contributed by atoms with E-state index in [1.54, 1.807) is 30.3 Å². The first-order chi connectivity index (χ1) is 9.72. The Morgan fingerprint density at radius 3 is 2.40 bits per heavy atom. The topological polar surface area (TPSA) is 77.3 Å². The van der Waals surface area contributed by atoms with E-state index in [-0.39, 0.29) is 6.61 Å². The molecule has 0 heterocycles. The van der Waals surface area contributed by atoms with Gasteiger partial charge in [-0.05, 0) is 18.6 Å². The van der Waals surface area contributed by atoms with Crippen LogP contribution in [0.25, 0.3) is 0 Å². The van der Waals surface area contributed by atoms with E-state index in [1.165, 1.54) is 0 Å². The summed E-state index contributed by atoms with van der Waals surface area (Å²) in [5.74, 6) is 0.337. The van der Waals surface area contributed by atoms with E-state index in [0.29, 0.717) is 5.75 Å². The summed E-state index contributed by atoms with van der Waals surface area (Å²) in [6.07, 6.45) is 2.15. The standard InChI is InChI=1S/C14H18N2O4/c1-2-3-4-8-11-19-13(17)15-16-14(18)20-12-9-6-5-7-10-12/h5-7,9-10H,2-4,8,11H2,1H3/b16-15+. The fourth-order valence-corrected chi connectivity index (χ4v) is 1.41. The fourth-order valence-electron chi connectivity index (χ4n) is 1.41. The number of hydrogen-bond donors (Lipinski definition) is 0. The van der Waals surface area contributed by atoms with Gasteiger partial charge in [-0.3, -0.25) is 0 Å². The Morgan fingerprint density at radius 2 is 1.70 bits per heavy atom. The zero-order valence-corrected chi connectivity index (χ0v) is 11.4. The Kier molecular flexibility index (Phi) is 7.64. The van der Waals surface area contributed by atoms with Crippen molar-refractivity contribution in [3.63, 3.8) is 0 Å². The Balaban J connectivity index is 2.22. The van der Waals surface area contributed by atoms with Crippen LogP contribution in [0.15, 0.2) is 40.6 Å². The summed E-state index contributed by atoms with van der Waals surface area (Å²) in [6.45, 7) is 2.38. The van der Waals surface area contributed by atoms with Crippen molar-refractivity contribution in [3.8, 4) is 5.75 Å². The van der Waals surface area contributed by atoms with Gasteiger partial charge in [0.15, 0.2) is 0 Å². The van der Waals surface area contributed by atoms with Crippen LogP contribution in [0, 0.1) is 0 Å². The molecule has 0 aliphatic heterocycles. The predicted octanol–water partition coefficient (Wildman–Crippen LogP) is 4.35. The number of azo groups is 1. The molecule has 0 unspecified atom stereocenters. The van der Waals surface area contributed by atoms with Crippen molar-refractivity contribution >= 4 is 12.2 Å². The number of para-hydroxylation sites is 1. The van der Waals surface area contributed by atoms with Crippen LogP contribution >= 0.6 is 0 Å². The molecule has 0 fully saturated rings. The number of carbonyl (C=O) groups is 2. The molecule has 0 saturated carbocycles. The maximum Gasteiger partial charge on any atom is 0.458 e. The van der Waals surface area contributed by atoms with E-state index in [0.717, 1.165) is 25.7 Å². The van der Waals surface area contributed by atoms with Gasteiger partial charge in [0.2, 0.25) is 0 Å². The highest BCUT2D eigenvalue weighted by Gasteiger charge is 2.05. The molecule has 0 aromatic heterocycles. The van der Waals surface area contributed by atoms with Gasteiger partial charge in [-0.1, -0.05) is 54.6 Å². The summed E-state index contributed by atoms with van der Waals surface area (Å²) in [6, 6.07) is 8.41. The van der Waals surface area contributed by atoms with Crippen LogP contribution < -0.4 is 4.74 Å². The lowest BCUT2D eigenvalue weighted by atomic mass is 10.2. The van der Waals surface area contributed by atoms with Crippen LogP contribution in [0.2, 0.25) is 0 Å². The molecule has 20 heavy (non-hydrogen) atoms. The van der Waals surface area contributed by atoms with Crippen molar-refractivity contribution in [1.82, 2.24) is 0 Å². The van der Waals surface area contributed by atoms with E-state index in [9.17, 15) is 9.59 Å². The first-order valence-electron chi connectivity index (χ1n) is 6.57. The monoisotopic (exact) mass is 278 g/mol. The van der Waals surface area contributed by atoms with Crippen molar-refractivity contribution in [2.24, 2.45) is 10.2 Å². The Bertz CT molecular complexity index is 446. The van der Waals surface area contributed by atoms with Gasteiger partial charge in [-0.2, -0.15) is 0 Å². The summed E-state index contributed by atoms with van der Waals surface area (Å²) >= 11 is 0. The largest absolute Gasteiger partial charge is 0.458 e. The minimum Gasteiger partial charge on any atom is -0.447 e. The molecular weight excluding hydrogens is 260 g/mol. The van der Waals surface area contributed by atoms with E-state index in [1.807, 2.05) is 0 Å². The van der Waals surface area contributed by atoms with Crippen LogP contribution in [0.5, 0.6) is 5.75 Å². The van der Waals surface area contributed by atoms with Gasteiger partial charge < -0.3 is 9.47 Å². The summed E-state index contributed by atoms with van der Waals surface area (Å²) in [7, 11) is 0. The van der Waals surface area contributed by atoms with Gasteiger partial charge in [0, 0.05) is 0 Å². The molecule has 0 bridgehead atoms. The van der Waals surface area contributed by atoms with E-state index >= 15 is 0 Å². The van der Waals surface area contributed by atoms with Crippen molar-refractivity contribution in [2.75, 3.05) is 6.61 Å². The van der Waals surface area contributed by atoms with Gasteiger partial charge in [-0.25, -0.2) is 9.59 Å². The molecule has 0 saturated heterocycles. The molecule has 2 amide bonds. The molecule has 0 atom stereocenters. The van der Waals surface area contributed by atoms with Crippen LogP contribution in [-0.4, -0.2) is 18.8 Å². The summed E-state index contributed by atoms with van der Waals surface area (Å²) in [5, 5.41) is 6.25. The number of benzene rings is 1. The summed E-state index contributed by atoms with van der Waals surface area (Å²) in [4.78, 5) is 22.4. The first-order valence-corrected chi connectivity index (χ1v) is 6.57. The minimum atomic E-state index is -0.959. The van der Waals surface area contributed by atoms with Crippen LogP contribution in [-0.2, 0) is 4.74 Å². The second-order valence-electron chi connectivity index (χ2n) is 4.06. The molecule has 0 aliphatic carbocycles. The second kappa shape index (κ2) is 9.66. The second-order valence-corrected chi connectivity index (χ2v) is 4.06. The minimum absolute atomic E-state index is 0.283. The number of ether oxygens (including phenoxy) is 2. The number of nitrogens with zero attached hydrogens (tertiary/aromatic N) is 2. The predicted molar refractivity (Wildman–Crippen MR) is 72.8 cm³/mol. The van der Waals surface area contributed by atoms with Gasteiger partial charge in [0.05, 0.1) is 6.61 Å². The third-order valence-corrected chi connectivity index (χ3v) is 2.39. The summed E-state index contributed by atoms with van der Waals surface area (Å²) in [5.41, 5.74) is 0. The first kappa shape index (κ1) is 15.8. The highest BCUT2D eigenvalue weighted by atomic mass is 16.6. The Hall–Kier alpha value is -2.24. The van der Waals surface area contributed by atoms with Gasteiger partial charge in [-0.15, -0.1) is 0 Å². The molecule has 1 aromatic rings. The number of rotatable bonds is 6. The van der Waals surface area contributed by atoms with E-state index in [4.69, 9.17) is 9.47 Å². The maximum absolute atomic E-state index is 11.2. The van der Waals surface area contributed by atoms with Crippen molar-refractivity contribution in [1.29, 1.82) is 0 Å². The molecule has 6 nitrogen and oxygen atoms in total. The quantitative estimate of drug-likeness (QED) is 0.572. The lowest BCUT2D eigenvalue weighted by Crippen LogP contribution is -2.04. The fraction of sp³-hybridized carbons (Fsp3) is 0.429. The lowest BCUT2D eigenvalue weighted by molar-refractivity contribution is 0.152. The highest BCUT2D eigenvalue weighted by molar-refractivity contribution is 5.74. The van der Waals surface area contributed by atoms with Crippen molar-refractivity contribution < 1.29 is 19.1 Å². The third-order valence-electron chi connectivity index (χ3n) is 2.39. The number of amides is 2. The third kappa shape index (κ3) is 7.25. The van der Waals surface area contributed by atoms with Gasteiger partial charge >= 0.3 is 12.2 Å². The van der Waals surface area contributed by atoms with Crippen LogP contribution in [0.1, 0.15) is 32.6 Å². The number of carbonyl (C=O) groups excluding carboxylic acids is 2. The number of hydrogen-bond acceptors (Lipinski definition) is 4. The lowest BCUT2D eigenvalue weighted by Gasteiger charge is -2.00. The molecule has 0 radical (unpaired) electrons. The normalized spacial score (nSPS) is 10.4. The van der Waals surface area contributed by atoms with Gasteiger partial charge in [0.25, 0.3) is 0 Å². The molecular formula is C14H18N2O4. The number of unbranched alkanes of at least 4 members (excludes halogenated alkanes) is 3. The average molecular weight is 278 g/mol. The van der Waals surface area contributed by atoms with Crippen LogP contribution in [0.3, 0.4) is 0 Å². The molecule has 1 aromatic carbocycles. The van der Waals surface area contributed by atoms with Crippen molar-refractivity contribution in [2.45, 2.75) is 32.6 Å². The molecule has 0 aliphatic rings. The molecule has 0 N–H and O–H groups in total. The highest BCUT2D eigenvalue weighted by Crippen LogP contribution is 2.09. The molecule has 1 rings (SSSR count). The van der Waals surface area contributed by atoms with E-state index in [2.05, 4.69) is 17.2 Å². The zero-order valence-electron chi connectivity index (χ0n) is 11.4. The summed E-state index contributed by atoms with van der Waals surface area (Å²) < 4.78 is 9.60. The SMILES string of the molecule is CCCCCCOC(=O)/N=N/C(=O)Oc1ccccc1. The molecule has 6 heteroatoms. The average Bonchev–Trinajstić information content (AvgIpc) is 2.46.